The van der Waals surface area contributed by atoms with E-state index >= 15 is 0 Å². The van der Waals surface area contributed by atoms with E-state index in [1.807, 2.05) is 0 Å². The largest absolute Gasteiger partial charge is 0.469 e. The zero-order valence-corrected chi connectivity index (χ0v) is 6.72. The van der Waals surface area contributed by atoms with Crippen molar-refractivity contribution in [1.29, 1.82) is 0 Å². The second-order valence-corrected chi connectivity index (χ2v) is 2.79. The van der Waals surface area contributed by atoms with Crippen LogP contribution in [0.15, 0.2) is 0 Å². The van der Waals surface area contributed by atoms with Gasteiger partial charge in [-0.3, -0.25) is 4.79 Å². The molecule has 0 aromatic carbocycles. The van der Waals surface area contributed by atoms with Crippen LogP contribution >= 0.6 is 0 Å². The Labute approximate surface area is 69.1 Å². The number of hydrogen-bond donors (Lipinski definition) is 1. The van der Waals surface area contributed by atoms with Crippen LogP contribution in [0.2, 0.25) is 0 Å². The Morgan fingerprint density at radius 1 is 1.58 bits per heavy atom. The van der Waals surface area contributed by atoms with Gasteiger partial charge in [0.15, 0.2) is 0 Å². The lowest BCUT2D eigenvalue weighted by Gasteiger charge is -2.14. The molecule has 1 saturated heterocycles. The van der Waals surface area contributed by atoms with Gasteiger partial charge >= 0.3 is 5.97 Å². The minimum Gasteiger partial charge on any atom is -0.469 e. The van der Waals surface area contributed by atoms with Gasteiger partial charge < -0.3 is 10.1 Å². The molecule has 1 rings (SSSR count). The molecule has 0 saturated carbocycles. The molecule has 0 aliphatic carbocycles. The molecule has 0 aromatic rings. The lowest BCUT2D eigenvalue weighted by atomic mass is 9.97. The Morgan fingerprint density at radius 3 is 2.75 bits per heavy atom. The van der Waals surface area contributed by atoms with Crippen molar-refractivity contribution in [3.8, 4) is 0 Å². The molecule has 1 fully saturated rings. The maximum Gasteiger partial charge on any atom is 0.310 e. The molecule has 0 aromatic heterocycles. The van der Waals surface area contributed by atoms with Crippen LogP contribution in [0.25, 0.3) is 0 Å². The predicted octanol–water partition coefficient (Wildman–Crippen LogP) is 0.260. The smallest absolute Gasteiger partial charge is 0.310 e. The lowest BCUT2D eigenvalue weighted by molar-refractivity contribution is -0.148. The Bertz CT molecular complexity index is 175. The average molecular weight is 179 g/mol. The van der Waals surface area contributed by atoms with E-state index in [0.717, 1.165) is 0 Å². The average Bonchev–Trinajstić information content (AvgIpc) is 2.50. The third-order valence-corrected chi connectivity index (χ3v) is 2.09. The van der Waals surface area contributed by atoms with Crippen molar-refractivity contribution in [3.05, 3.63) is 0 Å². The Hall–Kier alpha value is -0.710. The Balaban J connectivity index is 2.57. The molecular weight excluding hydrogens is 168 g/mol. The summed E-state index contributed by atoms with van der Waals surface area (Å²) < 4.78 is 28.9. The predicted molar refractivity (Wildman–Crippen MR) is 37.9 cm³/mol. The molecule has 1 N–H and O–H groups in total. The van der Waals surface area contributed by atoms with Crippen LogP contribution in [0.4, 0.5) is 8.78 Å². The molecule has 0 unspecified atom stereocenters. The fourth-order valence-corrected chi connectivity index (χ4v) is 1.37. The van der Waals surface area contributed by atoms with Crippen LogP contribution in [0.1, 0.15) is 0 Å². The van der Waals surface area contributed by atoms with E-state index in [0.29, 0.717) is 6.54 Å². The van der Waals surface area contributed by atoms with Gasteiger partial charge in [-0.25, -0.2) is 8.78 Å². The molecular formula is C7H11F2NO2. The number of halogens is 2. The van der Waals surface area contributed by atoms with E-state index in [9.17, 15) is 13.6 Å². The molecule has 0 spiro atoms. The molecule has 2 atom stereocenters. The maximum absolute atomic E-state index is 12.2. The van der Waals surface area contributed by atoms with Crippen molar-refractivity contribution >= 4 is 5.97 Å². The Morgan fingerprint density at radius 2 is 2.25 bits per heavy atom. The minimum atomic E-state index is -2.45. The normalized spacial score (nSPS) is 29.3. The molecule has 0 amide bonds. The summed E-state index contributed by atoms with van der Waals surface area (Å²) in [6.45, 7) is 0.485. The van der Waals surface area contributed by atoms with E-state index in [4.69, 9.17) is 0 Å². The first-order valence-corrected chi connectivity index (χ1v) is 3.73. The van der Waals surface area contributed by atoms with Crippen molar-refractivity contribution in [1.82, 2.24) is 5.32 Å². The van der Waals surface area contributed by atoms with Gasteiger partial charge in [-0.1, -0.05) is 0 Å². The van der Waals surface area contributed by atoms with Crippen LogP contribution < -0.4 is 5.32 Å². The van der Waals surface area contributed by atoms with E-state index < -0.39 is 24.2 Å². The van der Waals surface area contributed by atoms with Crippen molar-refractivity contribution in [2.24, 2.45) is 11.8 Å². The summed E-state index contributed by atoms with van der Waals surface area (Å²) in [6, 6.07) is 0. The topological polar surface area (TPSA) is 38.3 Å². The summed E-state index contributed by atoms with van der Waals surface area (Å²) in [4.78, 5) is 10.9. The molecule has 70 valence electrons. The van der Waals surface area contributed by atoms with E-state index in [1.54, 1.807) is 0 Å². The third-order valence-electron chi connectivity index (χ3n) is 2.09. The van der Waals surface area contributed by atoms with Gasteiger partial charge in [0.25, 0.3) is 0 Å². The van der Waals surface area contributed by atoms with Gasteiger partial charge in [-0.15, -0.1) is 0 Å². The zero-order chi connectivity index (χ0) is 9.14. The highest BCUT2D eigenvalue weighted by atomic mass is 19.3. The first-order valence-electron chi connectivity index (χ1n) is 3.73. The number of alkyl halides is 2. The van der Waals surface area contributed by atoms with E-state index in [2.05, 4.69) is 10.1 Å². The standard InChI is InChI=1S/C7H11F2NO2/c1-12-7(11)5-3-10-2-4(5)6(8)9/h4-6,10H,2-3H2,1H3/t4-,5+/m0/s1. The van der Waals surface area contributed by atoms with Crippen LogP contribution in [0.5, 0.6) is 0 Å². The number of methoxy groups -OCH3 is 1. The van der Waals surface area contributed by atoms with Crippen LogP contribution in [0, 0.1) is 11.8 Å². The molecule has 0 bridgehead atoms. The number of carbonyl (C=O) groups is 1. The van der Waals surface area contributed by atoms with Crippen LogP contribution in [-0.4, -0.2) is 32.6 Å². The second-order valence-electron chi connectivity index (χ2n) is 2.79. The van der Waals surface area contributed by atoms with Crippen molar-refractivity contribution in [2.45, 2.75) is 6.43 Å². The van der Waals surface area contributed by atoms with Crippen LogP contribution in [-0.2, 0) is 9.53 Å². The Kier molecular flexibility index (Phi) is 2.97. The molecule has 0 radical (unpaired) electrons. The summed E-state index contributed by atoms with van der Waals surface area (Å²) in [5, 5.41) is 2.74. The van der Waals surface area contributed by atoms with E-state index in [1.165, 1.54) is 7.11 Å². The quantitative estimate of drug-likeness (QED) is 0.618. The number of carbonyl (C=O) groups excluding carboxylic acids is 1. The number of esters is 1. The molecule has 1 heterocycles. The number of rotatable bonds is 2. The van der Waals surface area contributed by atoms with Crippen LogP contribution in [0.3, 0.4) is 0 Å². The van der Waals surface area contributed by atoms with Gasteiger partial charge in [0.1, 0.15) is 0 Å². The van der Waals surface area contributed by atoms with Crippen molar-refractivity contribution < 1.29 is 18.3 Å². The minimum absolute atomic E-state index is 0.192. The number of nitrogens with one attached hydrogen (secondary N) is 1. The lowest BCUT2D eigenvalue weighted by Crippen LogP contribution is -2.28. The third kappa shape index (κ3) is 1.72. The summed E-state index contributed by atoms with van der Waals surface area (Å²) >= 11 is 0. The summed E-state index contributed by atoms with van der Waals surface area (Å²) in [7, 11) is 1.21. The first kappa shape index (κ1) is 9.38. The molecule has 1 aliphatic rings. The highest BCUT2D eigenvalue weighted by Gasteiger charge is 2.39. The summed E-state index contributed by atoms with van der Waals surface area (Å²) in [6.07, 6.45) is -2.45. The monoisotopic (exact) mass is 179 g/mol. The van der Waals surface area contributed by atoms with Gasteiger partial charge in [-0.2, -0.15) is 0 Å². The summed E-state index contributed by atoms with van der Waals surface area (Å²) in [5.74, 6) is -2.13. The fourth-order valence-electron chi connectivity index (χ4n) is 1.37. The first-order chi connectivity index (χ1) is 5.66. The van der Waals surface area contributed by atoms with Crippen molar-refractivity contribution in [3.63, 3.8) is 0 Å². The van der Waals surface area contributed by atoms with Gasteiger partial charge in [0.2, 0.25) is 6.43 Å². The van der Waals surface area contributed by atoms with Gasteiger partial charge in [0, 0.05) is 19.0 Å². The molecule has 12 heavy (non-hydrogen) atoms. The fraction of sp³-hybridized carbons (Fsp3) is 0.857. The van der Waals surface area contributed by atoms with Gasteiger partial charge in [0.05, 0.1) is 13.0 Å². The van der Waals surface area contributed by atoms with Crippen molar-refractivity contribution in [2.75, 3.05) is 20.2 Å². The molecule has 3 nitrogen and oxygen atoms in total. The number of hydrogen-bond acceptors (Lipinski definition) is 3. The maximum atomic E-state index is 12.2. The van der Waals surface area contributed by atoms with Gasteiger partial charge in [-0.05, 0) is 0 Å². The zero-order valence-electron chi connectivity index (χ0n) is 6.72. The molecule has 5 heteroatoms. The summed E-state index contributed by atoms with van der Waals surface area (Å²) in [5.41, 5.74) is 0. The SMILES string of the molecule is COC(=O)[C@@H]1CNC[C@@H]1C(F)F. The molecule has 1 aliphatic heterocycles. The second kappa shape index (κ2) is 3.80. The number of ether oxygens (including phenoxy) is 1. The highest BCUT2D eigenvalue weighted by Crippen LogP contribution is 2.24. The highest BCUT2D eigenvalue weighted by molar-refractivity contribution is 5.73. The van der Waals surface area contributed by atoms with E-state index in [-0.39, 0.29) is 6.54 Å².